The highest BCUT2D eigenvalue weighted by atomic mass is 35.5. The fourth-order valence-corrected chi connectivity index (χ4v) is 1.77. The highest BCUT2D eigenvalue weighted by Gasteiger charge is 2.07. The molecule has 0 radical (unpaired) electrons. The number of benzene rings is 1. The van der Waals surface area contributed by atoms with Crippen molar-refractivity contribution in [3.05, 3.63) is 23.2 Å². The van der Waals surface area contributed by atoms with Gasteiger partial charge >= 0.3 is 6.03 Å². The average molecular weight is 314 g/mol. The molecule has 1 aromatic carbocycles. The molecule has 1 rings (SSSR count). The standard InChI is InChI=1S/C14H20ClN3O3/c1-4-21-12-6-5-10(9-11(12)15)17-14(20)16-8-7-13(19)18(2)3/h5-6,9H,4,7-8H2,1-3H3,(H2,16,17,20). The molecule has 0 aliphatic carbocycles. The lowest BCUT2D eigenvalue weighted by molar-refractivity contribution is -0.128. The van der Waals surface area contributed by atoms with Crippen molar-refractivity contribution in [2.45, 2.75) is 13.3 Å². The zero-order chi connectivity index (χ0) is 15.8. The van der Waals surface area contributed by atoms with Crippen LogP contribution in [0, 0.1) is 0 Å². The third kappa shape index (κ3) is 5.91. The van der Waals surface area contributed by atoms with E-state index in [4.69, 9.17) is 16.3 Å². The minimum absolute atomic E-state index is 0.0422. The van der Waals surface area contributed by atoms with E-state index in [9.17, 15) is 9.59 Å². The Balaban J connectivity index is 2.44. The summed E-state index contributed by atoms with van der Waals surface area (Å²) in [7, 11) is 3.34. The fourth-order valence-electron chi connectivity index (χ4n) is 1.53. The van der Waals surface area contributed by atoms with Gasteiger partial charge in [-0.1, -0.05) is 11.6 Å². The van der Waals surface area contributed by atoms with Gasteiger partial charge < -0.3 is 20.3 Å². The number of nitrogens with zero attached hydrogens (tertiary/aromatic N) is 1. The summed E-state index contributed by atoms with van der Waals surface area (Å²) < 4.78 is 5.31. The predicted molar refractivity (Wildman–Crippen MR) is 83.0 cm³/mol. The van der Waals surface area contributed by atoms with Gasteiger partial charge in [0, 0.05) is 32.7 Å². The van der Waals surface area contributed by atoms with Crippen molar-refractivity contribution < 1.29 is 14.3 Å². The molecule has 0 aliphatic rings. The minimum Gasteiger partial charge on any atom is -0.492 e. The molecule has 3 amide bonds. The number of amides is 3. The number of hydrogen-bond donors (Lipinski definition) is 2. The molecule has 0 spiro atoms. The first kappa shape index (κ1) is 17.1. The molecule has 116 valence electrons. The smallest absolute Gasteiger partial charge is 0.319 e. The van der Waals surface area contributed by atoms with E-state index in [2.05, 4.69) is 10.6 Å². The molecule has 6 nitrogen and oxygen atoms in total. The molecule has 0 atom stereocenters. The van der Waals surface area contributed by atoms with Crippen LogP contribution >= 0.6 is 11.6 Å². The maximum absolute atomic E-state index is 11.7. The lowest BCUT2D eigenvalue weighted by atomic mass is 10.3. The Bertz CT molecular complexity index is 506. The summed E-state index contributed by atoms with van der Waals surface area (Å²) in [5.74, 6) is 0.529. The lowest BCUT2D eigenvalue weighted by Gasteiger charge is -2.12. The first-order valence-electron chi connectivity index (χ1n) is 6.61. The highest BCUT2D eigenvalue weighted by molar-refractivity contribution is 6.32. The Labute approximate surface area is 129 Å². The second-order valence-corrected chi connectivity index (χ2v) is 4.90. The highest BCUT2D eigenvalue weighted by Crippen LogP contribution is 2.27. The quantitative estimate of drug-likeness (QED) is 0.847. The van der Waals surface area contributed by atoms with Crippen LogP contribution in [0.25, 0.3) is 0 Å². The van der Waals surface area contributed by atoms with Crippen molar-refractivity contribution in [2.24, 2.45) is 0 Å². The molecule has 21 heavy (non-hydrogen) atoms. The van der Waals surface area contributed by atoms with Crippen LogP contribution in [0.3, 0.4) is 0 Å². The first-order valence-corrected chi connectivity index (χ1v) is 6.99. The Kier molecular flexibility index (Phi) is 6.81. The van der Waals surface area contributed by atoms with E-state index in [0.29, 0.717) is 23.1 Å². The third-order valence-corrected chi connectivity index (χ3v) is 2.91. The zero-order valence-corrected chi connectivity index (χ0v) is 13.2. The topological polar surface area (TPSA) is 70.7 Å². The van der Waals surface area contributed by atoms with Crippen LogP contribution in [-0.2, 0) is 4.79 Å². The van der Waals surface area contributed by atoms with Gasteiger partial charge in [0.15, 0.2) is 0 Å². The van der Waals surface area contributed by atoms with Crippen LogP contribution in [0.1, 0.15) is 13.3 Å². The van der Waals surface area contributed by atoms with Gasteiger partial charge in [0.2, 0.25) is 5.91 Å². The molecule has 0 saturated heterocycles. The van der Waals surface area contributed by atoms with Gasteiger partial charge in [-0.15, -0.1) is 0 Å². The van der Waals surface area contributed by atoms with E-state index in [0.717, 1.165) is 0 Å². The summed E-state index contributed by atoms with van der Waals surface area (Å²) in [6.07, 6.45) is 0.254. The van der Waals surface area contributed by atoms with Crippen LogP contribution in [0.15, 0.2) is 18.2 Å². The Morgan fingerprint density at radius 3 is 2.62 bits per heavy atom. The number of anilines is 1. The van der Waals surface area contributed by atoms with E-state index in [1.54, 1.807) is 32.3 Å². The maximum Gasteiger partial charge on any atom is 0.319 e. The second-order valence-electron chi connectivity index (χ2n) is 4.50. The summed E-state index contributed by atoms with van der Waals surface area (Å²) in [6, 6.07) is 4.61. The Morgan fingerprint density at radius 1 is 1.33 bits per heavy atom. The van der Waals surface area contributed by atoms with Crippen molar-refractivity contribution >= 4 is 29.2 Å². The molecular weight excluding hydrogens is 294 g/mol. The molecule has 0 aromatic heterocycles. The summed E-state index contributed by atoms with van der Waals surface area (Å²) in [5.41, 5.74) is 0.555. The van der Waals surface area contributed by atoms with Crippen LogP contribution in [0.4, 0.5) is 10.5 Å². The molecule has 0 aliphatic heterocycles. The largest absolute Gasteiger partial charge is 0.492 e. The van der Waals surface area contributed by atoms with Gasteiger partial charge in [0.1, 0.15) is 5.75 Å². The van der Waals surface area contributed by atoms with Crippen LogP contribution in [0.2, 0.25) is 5.02 Å². The zero-order valence-electron chi connectivity index (χ0n) is 12.4. The maximum atomic E-state index is 11.7. The van der Waals surface area contributed by atoms with Crippen molar-refractivity contribution in [2.75, 3.05) is 32.6 Å². The number of halogens is 1. The van der Waals surface area contributed by atoms with Crippen molar-refractivity contribution in [3.8, 4) is 5.75 Å². The minimum atomic E-state index is -0.387. The number of hydrogen-bond acceptors (Lipinski definition) is 3. The van der Waals surface area contributed by atoms with Crippen LogP contribution < -0.4 is 15.4 Å². The molecule has 7 heteroatoms. The SMILES string of the molecule is CCOc1ccc(NC(=O)NCCC(=O)N(C)C)cc1Cl. The third-order valence-electron chi connectivity index (χ3n) is 2.61. The number of carbonyl (C=O) groups is 2. The number of nitrogens with one attached hydrogen (secondary N) is 2. The molecule has 0 bridgehead atoms. The molecule has 1 aromatic rings. The predicted octanol–water partition coefficient (Wildman–Crippen LogP) is 2.34. The number of ether oxygens (including phenoxy) is 1. The van der Waals surface area contributed by atoms with E-state index < -0.39 is 0 Å². The second kappa shape index (κ2) is 8.36. The normalized spacial score (nSPS) is 9.90. The molecule has 0 heterocycles. The van der Waals surface area contributed by atoms with Crippen LogP contribution in [0.5, 0.6) is 5.75 Å². The Morgan fingerprint density at radius 2 is 2.05 bits per heavy atom. The summed E-state index contributed by atoms with van der Waals surface area (Å²) in [5, 5.41) is 5.67. The van der Waals surface area contributed by atoms with Crippen molar-refractivity contribution in [3.63, 3.8) is 0 Å². The lowest BCUT2D eigenvalue weighted by Crippen LogP contribution is -2.33. The summed E-state index contributed by atoms with van der Waals surface area (Å²) >= 11 is 6.03. The summed E-state index contributed by atoms with van der Waals surface area (Å²) in [6.45, 7) is 2.66. The molecule has 0 saturated carbocycles. The number of rotatable bonds is 6. The first-order chi connectivity index (χ1) is 9.93. The Hall–Kier alpha value is -1.95. The van der Waals surface area contributed by atoms with Gasteiger partial charge in [-0.2, -0.15) is 0 Å². The molecule has 2 N–H and O–H groups in total. The summed E-state index contributed by atoms with van der Waals surface area (Å²) in [4.78, 5) is 24.5. The van der Waals surface area contributed by atoms with Gasteiger partial charge in [-0.25, -0.2) is 4.79 Å². The average Bonchev–Trinajstić information content (AvgIpc) is 2.41. The van der Waals surface area contributed by atoms with Gasteiger partial charge in [0.05, 0.1) is 11.6 Å². The van der Waals surface area contributed by atoms with E-state index in [1.807, 2.05) is 6.92 Å². The van der Waals surface area contributed by atoms with Crippen molar-refractivity contribution in [1.29, 1.82) is 0 Å². The molecular formula is C14H20ClN3O3. The van der Waals surface area contributed by atoms with Gasteiger partial charge in [-0.05, 0) is 25.1 Å². The van der Waals surface area contributed by atoms with Crippen LogP contribution in [-0.4, -0.2) is 44.1 Å². The van der Waals surface area contributed by atoms with Gasteiger partial charge in [0.25, 0.3) is 0 Å². The number of urea groups is 1. The van der Waals surface area contributed by atoms with E-state index in [-0.39, 0.29) is 24.9 Å². The van der Waals surface area contributed by atoms with Gasteiger partial charge in [-0.3, -0.25) is 4.79 Å². The fraction of sp³-hybridized carbons (Fsp3) is 0.429. The van der Waals surface area contributed by atoms with E-state index in [1.165, 1.54) is 4.90 Å². The van der Waals surface area contributed by atoms with E-state index >= 15 is 0 Å². The number of carbonyl (C=O) groups excluding carboxylic acids is 2. The molecule has 0 unspecified atom stereocenters. The van der Waals surface area contributed by atoms with Crippen molar-refractivity contribution in [1.82, 2.24) is 10.2 Å². The molecule has 0 fully saturated rings. The monoisotopic (exact) mass is 313 g/mol.